The van der Waals surface area contributed by atoms with Crippen LogP contribution in [0, 0.1) is 0 Å². The van der Waals surface area contributed by atoms with E-state index in [1.165, 1.54) is 28.6 Å². The summed E-state index contributed by atoms with van der Waals surface area (Å²) < 4.78 is 31.4. The van der Waals surface area contributed by atoms with Crippen LogP contribution < -0.4 is 0 Å². The molecule has 1 atom stereocenters. The zero-order chi connectivity index (χ0) is 20.0. The van der Waals surface area contributed by atoms with Crippen LogP contribution in [-0.4, -0.2) is 61.8 Å². The Bertz CT molecular complexity index is 757. The molecule has 0 saturated carbocycles. The minimum Gasteiger partial charge on any atom is -0.452 e. The van der Waals surface area contributed by atoms with E-state index in [9.17, 15) is 18.0 Å². The zero-order valence-electron chi connectivity index (χ0n) is 16.2. The molecular weight excluding hydrogens is 368 g/mol. The minimum atomic E-state index is -3.57. The Kier molecular flexibility index (Phi) is 7.38. The average molecular weight is 397 g/mol. The molecule has 1 fully saturated rings. The summed E-state index contributed by atoms with van der Waals surface area (Å²) in [7, 11) is -3.57. The summed E-state index contributed by atoms with van der Waals surface area (Å²) in [5.41, 5.74) is 0.216. The summed E-state index contributed by atoms with van der Waals surface area (Å²) in [5, 5.41) is 0. The molecule has 1 aliphatic heterocycles. The highest BCUT2D eigenvalue weighted by atomic mass is 32.2. The van der Waals surface area contributed by atoms with Crippen LogP contribution in [0.5, 0.6) is 0 Å². The van der Waals surface area contributed by atoms with Gasteiger partial charge in [0.05, 0.1) is 10.5 Å². The van der Waals surface area contributed by atoms with Crippen LogP contribution in [0.1, 0.15) is 50.4 Å². The number of piperidine rings is 1. The van der Waals surface area contributed by atoms with Gasteiger partial charge in [0.15, 0.2) is 6.61 Å². The van der Waals surface area contributed by atoms with E-state index in [0.717, 1.165) is 19.3 Å². The first-order chi connectivity index (χ1) is 12.8. The van der Waals surface area contributed by atoms with Crippen LogP contribution in [0.2, 0.25) is 0 Å². The maximum atomic E-state index is 12.5. The van der Waals surface area contributed by atoms with E-state index in [0.29, 0.717) is 19.6 Å². The predicted octanol–water partition coefficient (Wildman–Crippen LogP) is 2.27. The van der Waals surface area contributed by atoms with Crippen molar-refractivity contribution < 1.29 is 22.7 Å². The van der Waals surface area contributed by atoms with Crippen molar-refractivity contribution in [1.29, 1.82) is 0 Å². The zero-order valence-corrected chi connectivity index (χ0v) is 17.0. The average Bonchev–Trinajstić information content (AvgIpc) is 2.67. The minimum absolute atomic E-state index is 0.126. The molecule has 0 N–H and O–H groups in total. The lowest BCUT2D eigenvalue weighted by Gasteiger charge is -2.33. The molecule has 0 aromatic heterocycles. The van der Waals surface area contributed by atoms with Crippen molar-refractivity contribution in [2.24, 2.45) is 0 Å². The van der Waals surface area contributed by atoms with E-state index in [1.807, 2.05) is 6.92 Å². The molecule has 27 heavy (non-hydrogen) atoms. The molecule has 8 heteroatoms. The second-order valence-electron chi connectivity index (χ2n) is 6.62. The molecule has 1 aliphatic rings. The van der Waals surface area contributed by atoms with Crippen molar-refractivity contribution in [3.05, 3.63) is 29.8 Å². The number of hydrogen-bond donors (Lipinski definition) is 0. The number of benzene rings is 1. The van der Waals surface area contributed by atoms with Gasteiger partial charge in [-0.15, -0.1) is 0 Å². The molecule has 0 radical (unpaired) electrons. The lowest BCUT2D eigenvalue weighted by molar-refractivity contribution is -0.137. The number of carbonyl (C=O) groups excluding carboxylic acids is 2. The number of ether oxygens (including phenoxy) is 1. The van der Waals surface area contributed by atoms with Gasteiger partial charge in [-0.3, -0.25) is 4.79 Å². The molecule has 7 nitrogen and oxygen atoms in total. The van der Waals surface area contributed by atoms with E-state index in [4.69, 9.17) is 4.74 Å². The van der Waals surface area contributed by atoms with Gasteiger partial charge in [-0.1, -0.05) is 13.8 Å². The number of esters is 1. The van der Waals surface area contributed by atoms with Crippen LogP contribution in [0.4, 0.5) is 0 Å². The van der Waals surface area contributed by atoms with Gasteiger partial charge < -0.3 is 9.64 Å². The second-order valence-corrected chi connectivity index (χ2v) is 8.56. The van der Waals surface area contributed by atoms with Crippen molar-refractivity contribution in [3.8, 4) is 0 Å². The first-order valence-electron chi connectivity index (χ1n) is 9.38. The van der Waals surface area contributed by atoms with Crippen LogP contribution >= 0.6 is 0 Å². The summed E-state index contributed by atoms with van der Waals surface area (Å²) in [5.74, 6) is -0.837. The van der Waals surface area contributed by atoms with Gasteiger partial charge >= 0.3 is 5.97 Å². The largest absolute Gasteiger partial charge is 0.452 e. The van der Waals surface area contributed by atoms with Gasteiger partial charge in [-0.05, 0) is 50.5 Å². The number of amides is 1. The molecule has 0 bridgehead atoms. The molecule has 0 spiro atoms. The lowest BCUT2D eigenvalue weighted by atomic mass is 10.0. The molecule has 0 unspecified atom stereocenters. The Morgan fingerprint density at radius 2 is 1.78 bits per heavy atom. The Labute approximate surface area is 161 Å². The van der Waals surface area contributed by atoms with E-state index in [2.05, 4.69) is 0 Å². The van der Waals surface area contributed by atoms with Crippen LogP contribution in [0.15, 0.2) is 29.2 Å². The first-order valence-corrected chi connectivity index (χ1v) is 10.8. The van der Waals surface area contributed by atoms with Crippen LogP contribution in [0.3, 0.4) is 0 Å². The van der Waals surface area contributed by atoms with E-state index in [1.54, 1.807) is 18.7 Å². The highest BCUT2D eigenvalue weighted by molar-refractivity contribution is 7.89. The molecule has 2 rings (SSSR count). The lowest BCUT2D eigenvalue weighted by Crippen LogP contribution is -2.44. The van der Waals surface area contributed by atoms with Crippen molar-refractivity contribution in [2.75, 3.05) is 26.2 Å². The van der Waals surface area contributed by atoms with E-state index >= 15 is 0 Å². The fourth-order valence-electron chi connectivity index (χ4n) is 3.24. The molecule has 1 aromatic rings. The smallest absolute Gasteiger partial charge is 0.338 e. The van der Waals surface area contributed by atoms with Gasteiger partial charge in [0.1, 0.15) is 0 Å². The van der Waals surface area contributed by atoms with E-state index in [-0.39, 0.29) is 29.0 Å². The summed E-state index contributed by atoms with van der Waals surface area (Å²) in [6, 6.07) is 5.76. The SMILES string of the molecule is CCN(CC)S(=O)(=O)c1ccc(C(=O)OCC(=O)N2CCCC[C@H]2C)cc1. The van der Waals surface area contributed by atoms with Gasteiger partial charge in [0.2, 0.25) is 10.0 Å². The molecular formula is C19H28N2O5S. The summed E-state index contributed by atoms with van der Waals surface area (Å²) in [6.07, 6.45) is 3.03. The maximum absolute atomic E-state index is 12.5. The third-order valence-corrected chi connectivity index (χ3v) is 6.95. The summed E-state index contributed by atoms with van der Waals surface area (Å²) in [6.45, 7) is 6.67. The number of nitrogens with zero attached hydrogens (tertiary/aromatic N) is 2. The summed E-state index contributed by atoms with van der Waals surface area (Å²) >= 11 is 0. The van der Waals surface area contributed by atoms with E-state index < -0.39 is 16.0 Å². The predicted molar refractivity (Wildman–Crippen MR) is 102 cm³/mol. The first kappa shape index (κ1) is 21.4. The normalized spacial score (nSPS) is 17.8. The van der Waals surface area contributed by atoms with Crippen molar-refractivity contribution >= 4 is 21.9 Å². The Balaban J connectivity index is 1.98. The number of likely N-dealkylation sites (tertiary alicyclic amines) is 1. The molecule has 1 amide bonds. The number of sulfonamides is 1. The molecule has 1 saturated heterocycles. The number of carbonyl (C=O) groups is 2. The van der Waals surface area contributed by atoms with Gasteiger partial charge in [0, 0.05) is 25.7 Å². The fraction of sp³-hybridized carbons (Fsp3) is 0.579. The maximum Gasteiger partial charge on any atom is 0.338 e. The summed E-state index contributed by atoms with van der Waals surface area (Å²) in [4.78, 5) is 26.3. The standard InChI is InChI=1S/C19H28N2O5S/c1-4-20(5-2)27(24,25)17-11-9-16(10-12-17)19(23)26-14-18(22)21-13-7-6-8-15(21)3/h9-12,15H,4-8,13-14H2,1-3H3/t15-/m1/s1. The van der Waals surface area contributed by atoms with Crippen LogP contribution in [0.25, 0.3) is 0 Å². The highest BCUT2D eigenvalue weighted by Crippen LogP contribution is 2.18. The van der Waals surface area contributed by atoms with Gasteiger partial charge in [-0.2, -0.15) is 4.31 Å². The van der Waals surface area contributed by atoms with Gasteiger partial charge in [0.25, 0.3) is 5.91 Å². The Hall–Kier alpha value is -1.93. The Morgan fingerprint density at radius 1 is 1.15 bits per heavy atom. The monoisotopic (exact) mass is 396 g/mol. The molecule has 150 valence electrons. The van der Waals surface area contributed by atoms with Crippen LogP contribution in [-0.2, 0) is 19.6 Å². The topological polar surface area (TPSA) is 84.0 Å². The highest BCUT2D eigenvalue weighted by Gasteiger charge is 2.25. The third kappa shape index (κ3) is 5.07. The fourth-order valence-corrected chi connectivity index (χ4v) is 4.70. The van der Waals surface area contributed by atoms with Crippen molar-refractivity contribution in [1.82, 2.24) is 9.21 Å². The number of hydrogen-bond acceptors (Lipinski definition) is 5. The second kappa shape index (κ2) is 9.32. The number of rotatable bonds is 7. The quantitative estimate of drug-likeness (QED) is 0.660. The molecule has 1 aromatic carbocycles. The third-order valence-electron chi connectivity index (χ3n) is 4.88. The van der Waals surface area contributed by atoms with Crippen molar-refractivity contribution in [2.45, 2.75) is 51.0 Å². The Morgan fingerprint density at radius 3 is 2.33 bits per heavy atom. The van der Waals surface area contributed by atoms with Crippen molar-refractivity contribution in [3.63, 3.8) is 0 Å². The molecule has 1 heterocycles. The molecule has 0 aliphatic carbocycles. The van der Waals surface area contributed by atoms with Gasteiger partial charge in [-0.25, -0.2) is 13.2 Å².